The van der Waals surface area contributed by atoms with Crippen LogP contribution < -0.4 is 0 Å². The summed E-state index contributed by atoms with van der Waals surface area (Å²) in [6.07, 6.45) is 0. The van der Waals surface area contributed by atoms with Crippen LogP contribution in [0.15, 0.2) is 11.2 Å². The number of aryl methyl sites for hydroxylation is 2. The largest absolute Gasteiger partial charge is 0.314 e. The number of hydrogen-bond acceptors (Lipinski definition) is 4. The number of thioether (sulfide) groups is 1. The van der Waals surface area contributed by atoms with Crippen molar-refractivity contribution in [3.8, 4) is 0 Å². The highest BCUT2D eigenvalue weighted by Crippen LogP contribution is 2.30. The molecule has 0 aromatic carbocycles. The Hall–Kier alpha value is -0.780. The predicted octanol–water partition coefficient (Wildman–Crippen LogP) is 4.47. The molecule has 0 radical (unpaired) electrons. The normalized spacial score (nSPS) is 11.3. The van der Waals surface area contributed by atoms with E-state index in [1.54, 1.807) is 0 Å². The van der Waals surface area contributed by atoms with Gasteiger partial charge >= 0.3 is 0 Å². The van der Waals surface area contributed by atoms with Crippen molar-refractivity contribution in [3.63, 3.8) is 0 Å². The molecule has 0 aliphatic heterocycles. The van der Waals surface area contributed by atoms with Crippen LogP contribution in [-0.4, -0.2) is 19.5 Å². The third-order valence-corrected chi connectivity index (χ3v) is 4.16. The highest BCUT2D eigenvalue weighted by molar-refractivity contribution is 7.98. The molecule has 4 nitrogen and oxygen atoms in total. The van der Waals surface area contributed by atoms with Gasteiger partial charge in [0.15, 0.2) is 10.3 Å². The molecular formula is C13H16Cl2N4S. The zero-order valence-electron chi connectivity index (χ0n) is 11.8. The molecule has 108 valence electrons. The van der Waals surface area contributed by atoms with Gasteiger partial charge in [-0.2, -0.15) is 0 Å². The molecule has 0 N–H and O–H groups in total. The molecule has 0 amide bonds. The third-order valence-electron chi connectivity index (χ3n) is 2.73. The van der Waals surface area contributed by atoms with Crippen molar-refractivity contribution >= 4 is 35.0 Å². The number of hydrogen-bond donors (Lipinski definition) is 0. The Balaban J connectivity index is 2.23. The molecule has 0 saturated heterocycles. The molecule has 2 heterocycles. The molecule has 0 bridgehead atoms. The van der Waals surface area contributed by atoms with Crippen LogP contribution in [0.25, 0.3) is 0 Å². The molecule has 0 unspecified atom stereocenters. The molecule has 2 aromatic heterocycles. The van der Waals surface area contributed by atoms with Crippen molar-refractivity contribution < 1.29 is 0 Å². The topological polar surface area (TPSA) is 43.6 Å². The molecule has 7 heteroatoms. The van der Waals surface area contributed by atoms with Gasteiger partial charge in [0.2, 0.25) is 5.28 Å². The van der Waals surface area contributed by atoms with Crippen LogP contribution in [0.4, 0.5) is 0 Å². The van der Waals surface area contributed by atoms with Crippen molar-refractivity contribution in [3.05, 3.63) is 33.6 Å². The van der Waals surface area contributed by atoms with Gasteiger partial charge in [-0.1, -0.05) is 23.4 Å². The summed E-state index contributed by atoms with van der Waals surface area (Å²) in [7, 11) is 0. The van der Waals surface area contributed by atoms with Crippen LogP contribution >= 0.6 is 35.0 Å². The summed E-state index contributed by atoms with van der Waals surface area (Å²) in [6.45, 7) is 8.01. The molecule has 0 aliphatic rings. The minimum atomic E-state index is 0.207. The second kappa shape index (κ2) is 6.33. The Morgan fingerprint density at radius 2 is 1.75 bits per heavy atom. The second-order valence-electron chi connectivity index (χ2n) is 4.80. The van der Waals surface area contributed by atoms with E-state index in [1.807, 2.05) is 38.3 Å². The van der Waals surface area contributed by atoms with Gasteiger partial charge < -0.3 is 4.57 Å². The van der Waals surface area contributed by atoms with Crippen LogP contribution in [0.3, 0.4) is 0 Å². The molecule has 0 aliphatic carbocycles. The monoisotopic (exact) mass is 330 g/mol. The van der Waals surface area contributed by atoms with E-state index in [4.69, 9.17) is 23.2 Å². The van der Waals surface area contributed by atoms with Crippen molar-refractivity contribution in [2.45, 2.75) is 44.6 Å². The van der Waals surface area contributed by atoms with Crippen molar-refractivity contribution in [2.24, 2.45) is 0 Å². The van der Waals surface area contributed by atoms with Gasteiger partial charge in [-0.15, -0.1) is 0 Å². The van der Waals surface area contributed by atoms with E-state index in [9.17, 15) is 0 Å². The maximum Gasteiger partial charge on any atom is 0.204 e. The molecule has 0 saturated carbocycles. The first kappa shape index (κ1) is 15.6. The van der Waals surface area contributed by atoms with Crippen LogP contribution in [0.5, 0.6) is 0 Å². The first-order valence-electron chi connectivity index (χ1n) is 6.25. The number of aromatic nitrogens is 4. The van der Waals surface area contributed by atoms with Crippen molar-refractivity contribution in [2.75, 3.05) is 0 Å². The zero-order valence-corrected chi connectivity index (χ0v) is 14.1. The van der Waals surface area contributed by atoms with Gasteiger partial charge in [0.25, 0.3) is 0 Å². The van der Waals surface area contributed by atoms with Gasteiger partial charge in [0, 0.05) is 23.2 Å². The molecule has 0 spiro atoms. The summed E-state index contributed by atoms with van der Waals surface area (Å²) in [6, 6.07) is 2.16. The minimum absolute atomic E-state index is 0.207. The Labute approximate surface area is 132 Å². The van der Waals surface area contributed by atoms with Gasteiger partial charge in [-0.3, -0.25) is 0 Å². The van der Waals surface area contributed by atoms with Crippen LogP contribution in [0, 0.1) is 13.8 Å². The van der Waals surface area contributed by atoms with E-state index >= 15 is 0 Å². The fourth-order valence-electron chi connectivity index (χ4n) is 1.96. The molecule has 2 aromatic rings. The number of halogens is 2. The SMILES string of the molecule is Cc1cc(C)nc(SCc2c(Cl)nc(Cl)n2C(C)C)n1. The van der Waals surface area contributed by atoms with E-state index in [0.717, 1.165) is 22.2 Å². The van der Waals surface area contributed by atoms with Crippen molar-refractivity contribution in [1.82, 2.24) is 19.5 Å². The van der Waals surface area contributed by atoms with Gasteiger partial charge in [0.05, 0.1) is 5.69 Å². The Kier molecular flexibility index (Phi) is 4.94. The second-order valence-corrected chi connectivity index (χ2v) is 6.44. The van der Waals surface area contributed by atoms with E-state index in [2.05, 4.69) is 15.0 Å². The van der Waals surface area contributed by atoms with Crippen LogP contribution in [0.1, 0.15) is 37.0 Å². The van der Waals surface area contributed by atoms with E-state index in [0.29, 0.717) is 16.2 Å². The van der Waals surface area contributed by atoms with Crippen LogP contribution in [0.2, 0.25) is 10.4 Å². The summed E-state index contributed by atoms with van der Waals surface area (Å²) in [5, 5.41) is 1.61. The summed E-state index contributed by atoms with van der Waals surface area (Å²) < 4.78 is 1.93. The predicted molar refractivity (Wildman–Crippen MR) is 83.7 cm³/mol. The van der Waals surface area contributed by atoms with E-state index in [1.165, 1.54) is 11.8 Å². The standard InChI is InChI=1S/C13H16Cl2N4S/c1-7(2)19-10(11(14)18-12(19)15)6-20-13-16-8(3)5-9(4)17-13/h5,7H,6H2,1-4H3. The Bertz CT molecular complexity index is 605. The first-order chi connectivity index (χ1) is 9.38. The highest BCUT2D eigenvalue weighted by Gasteiger charge is 2.17. The molecule has 2 rings (SSSR count). The van der Waals surface area contributed by atoms with Crippen molar-refractivity contribution in [1.29, 1.82) is 0 Å². The lowest BCUT2D eigenvalue weighted by Gasteiger charge is -2.12. The summed E-state index contributed by atoms with van der Waals surface area (Å²) >= 11 is 13.8. The maximum absolute atomic E-state index is 6.15. The lowest BCUT2D eigenvalue weighted by Crippen LogP contribution is -2.05. The summed E-state index contributed by atoms with van der Waals surface area (Å²) in [5.74, 6) is 0.639. The first-order valence-corrected chi connectivity index (χ1v) is 7.99. The maximum atomic E-state index is 6.15. The number of imidazole rings is 1. The quantitative estimate of drug-likeness (QED) is 0.612. The van der Waals surface area contributed by atoms with Gasteiger partial charge in [0.1, 0.15) is 0 Å². The Morgan fingerprint density at radius 1 is 1.15 bits per heavy atom. The lowest BCUT2D eigenvalue weighted by atomic mass is 10.4. The van der Waals surface area contributed by atoms with E-state index in [-0.39, 0.29) is 6.04 Å². The Morgan fingerprint density at radius 3 is 2.30 bits per heavy atom. The minimum Gasteiger partial charge on any atom is -0.314 e. The zero-order chi connectivity index (χ0) is 14.9. The molecular weight excluding hydrogens is 315 g/mol. The average Bonchev–Trinajstić information content (AvgIpc) is 2.60. The summed E-state index contributed by atoms with van der Waals surface area (Å²) in [4.78, 5) is 12.9. The number of rotatable bonds is 4. The van der Waals surface area contributed by atoms with Gasteiger partial charge in [-0.05, 0) is 45.4 Å². The highest BCUT2D eigenvalue weighted by atomic mass is 35.5. The van der Waals surface area contributed by atoms with Gasteiger partial charge in [-0.25, -0.2) is 15.0 Å². The van der Waals surface area contributed by atoms with E-state index < -0.39 is 0 Å². The molecule has 20 heavy (non-hydrogen) atoms. The molecule has 0 atom stereocenters. The third kappa shape index (κ3) is 3.45. The number of nitrogens with zero attached hydrogens (tertiary/aromatic N) is 4. The molecule has 0 fully saturated rings. The smallest absolute Gasteiger partial charge is 0.204 e. The fraction of sp³-hybridized carbons (Fsp3) is 0.462. The summed E-state index contributed by atoms with van der Waals surface area (Å²) in [5.41, 5.74) is 2.82. The average molecular weight is 331 g/mol. The van der Waals surface area contributed by atoms with Crippen LogP contribution in [-0.2, 0) is 5.75 Å². The fourth-order valence-corrected chi connectivity index (χ4v) is 3.66. The lowest BCUT2D eigenvalue weighted by molar-refractivity contribution is 0.584.